The Balaban J connectivity index is 1.62. The summed E-state index contributed by atoms with van der Waals surface area (Å²) in [5, 5.41) is 3.85. The van der Waals surface area contributed by atoms with Gasteiger partial charge >= 0.3 is 0 Å². The Kier molecular flexibility index (Phi) is 6.89. The maximum absolute atomic E-state index is 12.9. The van der Waals surface area contributed by atoms with E-state index in [2.05, 4.69) is 24.1 Å². The van der Waals surface area contributed by atoms with Crippen LogP contribution in [0.5, 0.6) is 0 Å². The van der Waals surface area contributed by atoms with Crippen molar-refractivity contribution in [1.29, 1.82) is 0 Å². The minimum Gasteiger partial charge on any atom is -0.352 e. The third-order valence-corrected chi connectivity index (χ3v) is 6.63. The first-order chi connectivity index (χ1) is 13.3. The Bertz CT molecular complexity index is 732. The maximum Gasteiger partial charge on any atom is 0.254 e. The summed E-state index contributed by atoms with van der Waals surface area (Å²) in [6.45, 7) is 7.66. The number of nitrogens with zero attached hydrogens (tertiary/aromatic N) is 2. The largest absolute Gasteiger partial charge is 0.352 e. The molecule has 7 heteroatoms. The van der Waals surface area contributed by atoms with Gasteiger partial charge in [-0.3, -0.25) is 14.5 Å². The first-order valence-electron chi connectivity index (χ1n) is 10.1. The average molecular weight is 426 g/mol. The molecule has 2 aliphatic heterocycles. The van der Waals surface area contributed by atoms with Gasteiger partial charge < -0.3 is 10.2 Å². The maximum atomic E-state index is 12.9. The summed E-state index contributed by atoms with van der Waals surface area (Å²) in [6.07, 6.45) is 5.22. The number of rotatable bonds is 5. The number of nitrogens with one attached hydrogen (secondary N) is 1. The number of hydrogen-bond acceptors (Lipinski definition) is 3. The third-order valence-electron chi connectivity index (χ3n) is 5.89. The highest BCUT2D eigenvalue weighted by Crippen LogP contribution is 2.26. The number of halogens is 2. The third kappa shape index (κ3) is 4.81. The predicted octanol–water partition coefficient (Wildman–Crippen LogP) is 3.98. The molecule has 0 aliphatic carbocycles. The lowest BCUT2D eigenvalue weighted by Crippen LogP contribution is -2.55. The van der Waals surface area contributed by atoms with Crippen molar-refractivity contribution < 1.29 is 9.59 Å². The van der Waals surface area contributed by atoms with Crippen LogP contribution in [0.2, 0.25) is 10.0 Å². The molecule has 1 unspecified atom stereocenters. The lowest BCUT2D eigenvalue weighted by Gasteiger charge is -2.41. The van der Waals surface area contributed by atoms with E-state index in [0.717, 1.165) is 19.5 Å². The van der Waals surface area contributed by atoms with Crippen molar-refractivity contribution in [1.82, 2.24) is 15.1 Å². The van der Waals surface area contributed by atoms with Gasteiger partial charge in [0, 0.05) is 24.2 Å². The van der Waals surface area contributed by atoms with Crippen molar-refractivity contribution in [2.75, 3.05) is 26.2 Å². The highest BCUT2D eigenvalue weighted by Gasteiger charge is 2.36. The van der Waals surface area contributed by atoms with Crippen LogP contribution < -0.4 is 5.32 Å². The van der Waals surface area contributed by atoms with Gasteiger partial charge in [0.25, 0.3) is 5.91 Å². The number of benzene rings is 1. The normalized spacial score (nSPS) is 21.0. The number of carbonyl (C=O) groups is 2. The van der Waals surface area contributed by atoms with Crippen LogP contribution in [-0.4, -0.2) is 59.4 Å². The van der Waals surface area contributed by atoms with Gasteiger partial charge in [0.15, 0.2) is 0 Å². The van der Waals surface area contributed by atoms with E-state index in [1.165, 1.54) is 19.3 Å². The van der Waals surface area contributed by atoms with Crippen LogP contribution in [0.1, 0.15) is 56.3 Å². The Morgan fingerprint density at radius 3 is 2.46 bits per heavy atom. The van der Waals surface area contributed by atoms with E-state index in [1.807, 2.05) is 0 Å². The van der Waals surface area contributed by atoms with Gasteiger partial charge in [-0.15, -0.1) is 0 Å². The molecule has 2 heterocycles. The molecule has 1 aromatic rings. The van der Waals surface area contributed by atoms with Gasteiger partial charge in [-0.05, 0) is 70.8 Å². The zero-order valence-electron chi connectivity index (χ0n) is 16.6. The molecule has 3 rings (SSSR count). The second-order valence-electron chi connectivity index (χ2n) is 8.36. The molecular weight excluding hydrogens is 397 g/mol. The van der Waals surface area contributed by atoms with E-state index in [0.29, 0.717) is 35.1 Å². The topological polar surface area (TPSA) is 52.7 Å². The summed E-state index contributed by atoms with van der Waals surface area (Å²) in [6, 6.07) is 4.41. The number of likely N-dealkylation sites (tertiary alicyclic amines) is 2. The average Bonchev–Trinajstić information content (AvgIpc) is 3.18. The highest BCUT2D eigenvalue weighted by molar-refractivity contribution is 6.42. The van der Waals surface area contributed by atoms with Crippen LogP contribution in [0.15, 0.2) is 18.2 Å². The molecule has 2 amide bonds. The molecule has 0 spiro atoms. The molecule has 0 aromatic heterocycles. The van der Waals surface area contributed by atoms with E-state index in [4.69, 9.17) is 23.2 Å². The molecule has 154 valence electrons. The zero-order chi connectivity index (χ0) is 20.3. The first kappa shape index (κ1) is 21.4. The molecule has 2 fully saturated rings. The van der Waals surface area contributed by atoms with Crippen molar-refractivity contribution in [2.45, 2.75) is 57.5 Å². The van der Waals surface area contributed by atoms with Crippen molar-refractivity contribution in [2.24, 2.45) is 0 Å². The van der Waals surface area contributed by atoms with Crippen molar-refractivity contribution in [3.8, 4) is 0 Å². The van der Waals surface area contributed by atoms with E-state index in [-0.39, 0.29) is 17.4 Å². The highest BCUT2D eigenvalue weighted by atomic mass is 35.5. The Morgan fingerprint density at radius 2 is 1.79 bits per heavy atom. The summed E-state index contributed by atoms with van der Waals surface area (Å²) in [4.78, 5) is 29.9. The predicted molar refractivity (Wildman–Crippen MR) is 113 cm³/mol. The molecule has 5 nitrogen and oxygen atoms in total. The summed E-state index contributed by atoms with van der Waals surface area (Å²) in [7, 11) is 0. The fraction of sp³-hybridized carbons (Fsp3) is 0.619. The van der Waals surface area contributed by atoms with Crippen molar-refractivity contribution >= 4 is 35.0 Å². The standard InChI is InChI=1S/C21H29Cl2N3O2/c1-21(2,25-10-4-3-5-11-25)14-24-19(27)18-7-6-12-26(18)20(28)15-8-9-16(22)17(23)13-15/h8-9,13,18H,3-7,10-12,14H2,1-2H3,(H,24,27). The van der Waals surface area contributed by atoms with Crippen LogP contribution >= 0.6 is 23.2 Å². The van der Waals surface area contributed by atoms with Gasteiger partial charge in [0.2, 0.25) is 5.91 Å². The number of piperidine rings is 1. The molecule has 0 saturated carbocycles. The van der Waals surface area contributed by atoms with Gasteiger partial charge in [-0.2, -0.15) is 0 Å². The van der Waals surface area contributed by atoms with Gasteiger partial charge in [-0.1, -0.05) is 29.6 Å². The summed E-state index contributed by atoms with van der Waals surface area (Å²) in [5.74, 6) is -0.248. The molecule has 1 atom stereocenters. The number of carbonyl (C=O) groups excluding carboxylic acids is 2. The zero-order valence-corrected chi connectivity index (χ0v) is 18.2. The Morgan fingerprint density at radius 1 is 1.07 bits per heavy atom. The molecule has 1 N–H and O–H groups in total. The fourth-order valence-corrected chi connectivity index (χ4v) is 4.41. The molecule has 2 aliphatic rings. The molecule has 28 heavy (non-hydrogen) atoms. The molecule has 1 aromatic carbocycles. The monoisotopic (exact) mass is 425 g/mol. The van der Waals surface area contributed by atoms with E-state index in [9.17, 15) is 9.59 Å². The fourth-order valence-electron chi connectivity index (χ4n) is 4.11. The lowest BCUT2D eigenvalue weighted by molar-refractivity contribution is -0.125. The summed E-state index contributed by atoms with van der Waals surface area (Å²) >= 11 is 12.0. The lowest BCUT2D eigenvalue weighted by atomic mass is 9.98. The smallest absolute Gasteiger partial charge is 0.254 e. The minimum absolute atomic E-state index is 0.0732. The van der Waals surface area contributed by atoms with Crippen molar-refractivity contribution in [3.05, 3.63) is 33.8 Å². The van der Waals surface area contributed by atoms with Gasteiger partial charge in [0.05, 0.1) is 10.0 Å². The quantitative estimate of drug-likeness (QED) is 0.775. The van der Waals surface area contributed by atoms with E-state index >= 15 is 0 Å². The molecular formula is C21H29Cl2N3O2. The van der Waals surface area contributed by atoms with Crippen molar-refractivity contribution in [3.63, 3.8) is 0 Å². The summed E-state index contributed by atoms with van der Waals surface area (Å²) < 4.78 is 0. The first-order valence-corrected chi connectivity index (χ1v) is 10.8. The molecule has 0 bridgehead atoms. The second kappa shape index (κ2) is 9.02. The number of hydrogen-bond donors (Lipinski definition) is 1. The van der Waals surface area contributed by atoms with E-state index < -0.39 is 6.04 Å². The van der Waals surface area contributed by atoms with Gasteiger partial charge in [0.1, 0.15) is 6.04 Å². The Hall–Kier alpha value is -1.30. The van der Waals surface area contributed by atoms with Crippen LogP contribution in [0.25, 0.3) is 0 Å². The van der Waals surface area contributed by atoms with Crippen LogP contribution in [0.3, 0.4) is 0 Å². The van der Waals surface area contributed by atoms with Gasteiger partial charge in [-0.25, -0.2) is 0 Å². The second-order valence-corrected chi connectivity index (χ2v) is 9.18. The van der Waals surface area contributed by atoms with Crippen LogP contribution in [0, 0.1) is 0 Å². The number of amides is 2. The van der Waals surface area contributed by atoms with Crippen LogP contribution in [0.4, 0.5) is 0 Å². The van der Waals surface area contributed by atoms with Crippen LogP contribution in [-0.2, 0) is 4.79 Å². The SMILES string of the molecule is CC(C)(CNC(=O)C1CCCN1C(=O)c1ccc(Cl)c(Cl)c1)N1CCCCC1. The molecule has 0 radical (unpaired) electrons. The molecule has 2 saturated heterocycles. The van der Waals surface area contributed by atoms with E-state index in [1.54, 1.807) is 23.1 Å². The summed E-state index contributed by atoms with van der Waals surface area (Å²) in [5.41, 5.74) is 0.371. The minimum atomic E-state index is -0.431. The Labute approximate surface area is 177 Å².